The summed E-state index contributed by atoms with van der Waals surface area (Å²) in [6.07, 6.45) is 1.87. The molecule has 0 radical (unpaired) electrons. The predicted octanol–water partition coefficient (Wildman–Crippen LogP) is 5.49. The lowest BCUT2D eigenvalue weighted by atomic mass is 9.87. The Morgan fingerprint density at radius 2 is 1.33 bits per heavy atom. The lowest BCUT2D eigenvalue weighted by Gasteiger charge is -2.19. The number of rotatable bonds is 8. The van der Waals surface area contributed by atoms with Gasteiger partial charge in [-0.05, 0) is 65.9 Å². The van der Waals surface area contributed by atoms with Crippen molar-refractivity contribution in [3.63, 3.8) is 0 Å². The Labute approximate surface area is 212 Å². The third-order valence-electron chi connectivity index (χ3n) is 5.59. The quantitative estimate of drug-likeness (QED) is 0.289. The second kappa shape index (κ2) is 12.0. The maximum atomic E-state index is 12.6. The molecule has 0 bridgehead atoms. The van der Waals surface area contributed by atoms with E-state index in [0.29, 0.717) is 34.7 Å². The van der Waals surface area contributed by atoms with Crippen LogP contribution in [0.25, 0.3) is 0 Å². The first-order valence-corrected chi connectivity index (χ1v) is 12.0. The zero-order valence-electron chi connectivity index (χ0n) is 21.2. The fourth-order valence-corrected chi connectivity index (χ4v) is 3.39. The molecule has 3 aromatic rings. The van der Waals surface area contributed by atoms with Crippen molar-refractivity contribution < 1.29 is 19.1 Å². The number of amides is 3. The van der Waals surface area contributed by atoms with Crippen molar-refractivity contribution in [2.24, 2.45) is 0 Å². The van der Waals surface area contributed by atoms with Gasteiger partial charge in [0.25, 0.3) is 17.7 Å². The molecule has 0 aliphatic rings. The molecule has 0 atom stereocenters. The molecular formula is C29H33N3O4. The summed E-state index contributed by atoms with van der Waals surface area (Å²) >= 11 is 0. The molecule has 3 rings (SSSR count). The number of hydrogen-bond acceptors (Lipinski definition) is 4. The molecule has 0 saturated carbocycles. The van der Waals surface area contributed by atoms with Crippen molar-refractivity contribution in [3.8, 4) is 5.75 Å². The first kappa shape index (κ1) is 26.5. The molecular weight excluding hydrogens is 454 g/mol. The van der Waals surface area contributed by atoms with E-state index in [1.807, 2.05) is 12.1 Å². The molecule has 0 saturated heterocycles. The van der Waals surface area contributed by atoms with E-state index < -0.39 is 11.8 Å². The van der Waals surface area contributed by atoms with Crippen molar-refractivity contribution in [2.45, 2.75) is 46.0 Å². The summed E-state index contributed by atoms with van der Waals surface area (Å²) in [7, 11) is 0. The van der Waals surface area contributed by atoms with Crippen LogP contribution in [0.3, 0.4) is 0 Å². The van der Waals surface area contributed by atoms with Crippen LogP contribution in [0.5, 0.6) is 5.75 Å². The van der Waals surface area contributed by atoms with Crippen LogP contribution in [0.4, 0.5) is 5.69 Å². The minimum Gasteiger partial charge on any atom is -0.493 e. The van der Waals surface area contributed by atoms with Gasteiger partial charge in [-0.3, -0.25) is 25.2 Å². The van der Waals surface area contributed by atoms with E-state index in [1.165, 1.54) is 0 Å². The van der Waals surface area contributed by atoms with Gasteiger partial charge in [-0.1, -0.05) is 58.4 Å². The highest BCUT2D eigenvalue weighted by Gasteiger charge is 2.16. The lowest BCUT2D eigenvalue weighted by molar-refractivity contribution is 0.0844. The fourth-order valence-electron chi connectivity index (χ4n) is 3.39. The summed E-state index contributed by atoms with van der Waals surface area (Å²) in [5.41, 5.74) is 7.76. The van der Waals surface area contributed by atoms with Gasteiger partial charge in [-0.25, -0.2) is 0 Å². The predicted molar refractivity (Wildman–Crippen MR) is 141 cm³/mol. The van der Waals surface area contributed by atoms with Crippen LogP contribution in [0.2, 0.25) is 0 Å². The number of carbonyl (C=O) groups is 3. The first-order valence-electron chi connectivity index (χ1n) is 12.0. The third-order valence-corrected chi connectivity index (χ3v) is 5.59. The lowest BCUT2D eigenvalue weighted by Crippen LogP contribution is -2.41. The van der Waals surface area contributed by atoms with Crippen LogP contribution >= 0.6 is 0 Å². The number of unbranched alkanes of at least 4 members (excludes halogenated alkanes) is 1. The van der Waals surface area contributed by atoms with Gasteiger partial charge in [0.1, 0.15) is 5.75 Å². The molecule has 3 aromatic carbocycles. The molecule has 0 aliphatic carbocycles. The monoisotopic (exact) mass is 487 g/mol. The first-order chi connectivity index (χ1) is 17.2. The van der Waals surface area contributed by atoms with Crippen LogP contribution in [0, 0.1) is 0 Å². The minimum absolute atomic E-state index is 0.0106. The normalized spacial score (nSPS) is 10.9. The minimum atomic E-state index is -0.483. The Balaban J connectivity index is 1.55. The van der Waals surface area contributed by atoms with E-state index >= 15 is 0 Å². The molecule has 0 aliphatic heterocycles. The number of carbonyl (C=O) groups excluding carboxylic acids is 3. The highest BCUT2D eigenvalue weighted by Crippen LogP contribution is 2.22. The van der Waals surface area contributed by atoms with Gasteiger partial charge in [0, 0.05) is 16.8 Å². The topological polar surface area (TPSA) is 96.5 Å². The summed E-state index contributed by atoms with van der Waals surface area (Å²) in [5.74, 6) is -0.731. The maximum absolute atomic E-state index is 12.6. The average Bonchev–Trinajstić information content (AvgIpc) is 2.87. The number of hydrazine groups is 1. The molecule has 0 aromatic heterocycles. The van der Waals surface area contributed by atoms with E-state index in [4.69, 9.17) is 4.74 Å². The van der Waals surface area contributed by atoms with E-state index in [-0.39, 0.29) is 11.3 Å². The molecule has 3 amide bonds. The Morgan fingerprint density at radius 1 is 0.750 bits per heavy atom. The van der Waals surface area contributed by atoms with Crippen LogP contribution in [-0.4, -0.2) is 24.3 Å². The number of hydrogen-bond donors (Lipinski definition) is 3. The highest BCUT2D eigenvalue weighted by atomic mass is 16.5. The second-order valence-corrected chi connectivity index (χ2v) is 9.47. The Hall–Kier alpha value is -4.13. The van der Waals surface area contributed by atoms with E-state index in [1.54, 1.807) is 60.7 Å². The summed E-state index contributed by atoms with van der Waals surface area (Å²) in [6, 6.07) is 20.8. The molecule has 188 valence electrons. The van der Waals surface area contributed by atoms with E-state index in [2.05, 4.69) is 43.9 Å². The number of para-hydroxylation sites is 1. The van der Waals surface area contributed by atoms with Gasteiger partial charge in [0.15, 0.2) is 0 Å². The van der Waals surface area contributed by atoms with Crippen molar-refractivity contribution in [1.82, 2.24) is 10.9 Å². The molecule has 7 heteroatoms. The van der Waals surface area contributed by atoms with Crippen LogP contribution < -0.4 is 20.9 Å². The zero-order chi connectivity index (χ0) is 26.1. The summed E-state index contributed by atoms with van der Waals surface area (Å²) < 4.78 is 5.68. The largest absolute Gasteiger partial charge is 0.493 e. The molecule has 36 heavy (non-hydrogen) atoms. The van der Waals surface area contributed by atoms with Gasteiger partial charge in [0.2, 0.25) is 0 Å². The van der Waals surface area contributed by atoms with Crippen molar-refractivity contribution >= 4 is 23.4 Å². The Morgan fingerprint density at radius 3 is 1.97 bits per heavy atom. The zero-order valence-corrected chi connectivity index (χ0v) is 21.2. The number of anilines is 1. The molecule has 0 unspecified atom stereocenters. The third kappa shape index (κ3) is 7.18. The average molecular weight is 488 g/mol. The number of nitrogens with one attached hydrogen (secondary N) is 3. The summed E-state index contributed by atoms with van der Waals surface area (Å²) in [6.45, 7) is 8.93. The van der Waals surface area contributed by atoms with Crippen LogP contribution in [-0.2, 0) is 5.41 Å². The smallest absolute Gasteiger partial charge is 0.273 e. The molecule has 7 nitrogen and oxygen atoms in total. The van der Waals surface area contributed by atoms with Crippen LogP contribution in [0.15, 0.2) is 72.8 Å². The molecule has 0 fully saturated rings. The summed E-state index contributed by atoms with van der Waals surface area (Å²) in [4.78, 5) is 37.6. The van der Waals surface area contributed by atoms with E-state index in [9.17, 15) is 14.4 Å². The van der Waals surface area contributed by atoms with Gasteiger partial charge in [-0.2, -0.15) is 0 Å². The SMILES string of the molecule is CCCCOc1ccccc1C(=O)NNC(=O)c1ccc(NC(=O)c2ccc(C(C)(C)C)cc2)cc1. The van der Waals surface area contributed by atoms with Gasteiger partial charge in [0.05, 0.1) is 12.2 Å². The Kier molecular flexibility index (Phi) is 8.84. The van der Waals surface area contributed by atoms with Gasteiger partial charge >= 0.3 is 0 Å². The molecule has 3 N–H and O–H groups in total. The Bertz CT molecular complexity index is 1200. The maximum Gasteiger partial charge on any atom is 0.273 e. The standard InChI is InChI=1S/C29H33N3O4/c1-5-6-19-36-25-10-8-7-9-24(25)28(35)32-31-27(34)21-13-17-23(18-14-21)30-26(33)20-11-15-22(16-12-20)29(2,3)4/h7-18H,5-6,19H2,1-4H3,(H,30,33)(H,31,34)(H,32,35). The van der Waals surface area contributed by atoms with E-state index in [0.717, 1.165) is 18.4 Å². The van der Waals surface area contributed by atoms with Crippen molar-refractivity contribution in [2.75, 3.05) is 11.9 Å². The van der Waals surface area contributed by atoms with Crippen molar-refractivity contribution in [3.05, 3.63) is 95.1 Å². The number of ether oxygens (including phenoxy) is 1. The number of benzene rings is 3. The van der Waals surface area contributed by atoms with Gasteiger partial charge < -0.3 is 10.1 Å². The summed E-state index contributed by atoms with van der Waals surface area (Å²) in [5, 5.41) is 2.83. The second-order valence-electron chi connectivity index (χ2n) is 9.47. The molecule has 0 spiro atoms. The fraction of sp³-hybridized carbons (Fsp3) is 0.276. The van der Waals surface area contributed by atoms with Gasteiger partial charge in [-0.15, -0.1) is 0 Å². The highest BCUT2D eigenvalue weighted by molar-refractivity contribution is 6.05. The van der Waals surface area contributed by atoms with Crippen LogP contribution in [0.1, 0.15) is 77.2 Å². The molecule has 0 heterocycles. The van der Waals surface area contributed by atoms with Crippen molar-refractivity contribution in [1.29, 1.82) is 0 Å².